The summed E-state index contributed by atoms with van der Waals surface area (Å²) in [5, 5.41) is 0. The monoisotopic (exact) mass is 309 g/mol. The van der Waals surface area contributed by atoms with Crippen molar-refractivity contribution in [3.05, 3.63) is 23.7 Å². The minimum Gasteiger partial charge on any atom is -0.467 e. The topological polar surface area (TPSA) is 62.7 Å². The van der Waals surface area contributed by atoms with Crippen LogP contribution in [0.1, 0.15) is 23.0 Å². The van der Waals surface area contributed by atoms with Crippen LogP contribution in [0.25, 0.3) is 0 Å². The number of carbonyl (C=O) groups is 1. The lowest BCUT2D eigenvalue weighted by molar-refractivity contribution is 0.0642. The van der Waals surface area contributed by atoms with Crippen LogP contribution in [0.2, 0.25) is 0 Å². The van der Waals surface area contributed by atoms with E-state index in [0.717, 1.165) is 32.7 Å². The molecule has 1 aliphatic rings. The zero-order valence-corrected chi connectivity index (χ0v) is 12.6. The minimum atomic E-state index is 0. The van der Waals surface area contributed by atoms with Gasteiger partial charge < -0.3 is 20.0 Å². The second-order valence-corrected chi connectivity index (χ2v) is 4.23. The first-order valence-electron chi connectivity index (χ1n) is 6.03. The van der Waals surface area contributed by atoms with Crippen molar-refractivity contribution in [2.24, 2.45) is 5.73 Å². The highest BCUT2D eigenvalue weighted by atomic mass is 35.5. The fourth-order valence-electron chi connectivity index (χ4n) is 2.05. The van der Waals surface area contributed by atoms with Gasteiger partial charge in [-0.2, -0.15) is 0 Å². The third-order valence-corrected chi connectivity index (χ3v) is 3.21. The number of hydrogen-bond acceptors (Lipinski definition) is 4. The molecule has 7 heteroatoms. The summed E-state index contributed by atoms with van der Waals surface area (Å²) >= 11 is 0. The summed E-state index contributed by atoms with van der Waals surface area (Å²) in [7, 11) is 0. The van der Waals surface area contributed by atoms with Crippen LogP contribution in [0.5, 0.6) is 0 Å². The van der Waals surface area contributed by atoms with Crippen molar-refractivity contribution in [3.63, 3.8) is 0 Å². The molecule has 0 spiro atoms. The molecule has 1 aromatic rings. The van der Waals surface area contributed by atoms with Crippen LogP contribution >= 0.6 is 24.8 Å². The van der Waals surface area contributed by atoms with Crippen molar-refractivity contribution in [2.75, 3.05) is 32.7 Å². The lowest BCUT2D eigenvalue weighted by Gasteiger charge is -2.33. The number of halogens is 2. The number of nitrogens with zero attached hydrogens (tertiary/aromatic N) is 2. The van der Waals surface area contributed by atoms with Crippen LogP contribution in [0.3, 0.4) is 0 Å². The quantitative estimate of drug-likeness (QED) is 0.916. The largest absolute Gasteiger partial charge is 0.467 e. The van der Waals surface area contributed by atoms with E-state index in [9.17, 15) is 4.79 Å². The van der Waals surface area contributed by atoms with Gasteiger partial charge in [0.05, 0.1) is 12.1 Å². The number of piperazine rings is 1. The van der Waals surface area contributed by atoms with E-state index in [0.29, 0.717) is 17.9 Å². The predicted molar refractivity (Wildman–Crippen MR) is 79.1 cm³/mol. The van der Waals surface area contributed by atoms with Gasteiger partial charge in [0.15, 0.2) is 0 Å². The maximum Gasteiger partial charge on any atom is 0.257 e. The highest BCUT2D eigenvalue weighted by Crippen LogP contribution is 2.12. The molecule has 2 rings (SSSR count). The normalized spacial score (nSPS) is 15.6. The van der Waals surface area contributed by atoms with E-state index in [1.54, 1.807) is 6.07 Å². The molecule has 0 atom stereocenters. The van der Waals surface area contributed by atoms with E-state index in [2.05, 4.69) is 11.8 Å². The van der Waals surface area contributed by atoms with E-state index in [1.165, 1.54) is 6.26 Å². The standard InChI is InChI=1S/C12H19N3O2.2ClH/c1-2-14-3-5-15(6-4-14)12(16)10-7-11(8-13)17-9-10;;/h7,9H,2-6,8,13H2,1H3;2*1H. The molecule has 1 amide bonds. The second-order valence-electron chi connectivity index (χ2n) is 4.23. The summed E-state index contributed by atoms with van der Waals surface area (Å²) in [6.07, 6.45) is 1.50. The van der Waals surface area contributed by atoms with Crippen LogP contribution in [-0.2, 0) is 6.54 Å². The van der Waals surface area contributed by atoms with Crippen LogP contribution in [-0.4, -0.2) is 48.4 Å². The summed E-state index contributed by atoms with van der Waals surface area (Å²) in [6, 6.07) is 1.73. The van der Waals surface area contributed by atoms with Crippen molar-refractivity contribution in [3.8, 4) is 0 Å². The first-order valence-corrected chi connectivity index (χ1v) is 6.03. The van der Waals surface area contributed by atoms with E-state index in [1.807, 2.05) is 4.90 Å². The summed E-state index contributed by atoms with van der Waals surface area (Å²) in [4.78, 5) is 16.3. The molecule has 0 aliphatic carbocycles. The van der Waals surface area contributed by atoms with Crippen LogP contribution in [0, 0.1) is 0 Å². The number of hydrogen-bond donors (Lipinski definition) is 1. The highest BCUT2D eigenvalue weighted by Gasteiger charge is 2.22. The minimum absolute atomic E-state index is 0. The number of amides is 1. The molecule has 19 heavy (non-hydrogen) atoms. The zero-order chi connectivity index (χ0) is 12.3. The van der Waals surface area contributed by atoms with Gasteiger partial charge in [-0.15, -0.1) is 24.8 Å². The van der Waals surface area contributed by atoms with E-state index < -0.39 is 0 Å². The maximum atomic E-state index is 12.1. The Morgan fingerprint density at radius 2 is 1.95 bits per heavy atom. The van der Waals surface area contributed by atoms with E-state index in [4.69, 9.17) is 10.2 Å². The average molecular weight is 310 g/mol. The molecule has 1 fully saturated rings. The van der Waals surface area contributed by atoms with Gasteiger partial charge in [0.25, 0.3) is 5.91 Å². The van der Waals surface area contributed by atoms with Crippen molar-refractivity contribution >= 4 is 30.7 Å². The summed E-state index contributed by atoms with van der Waals surface area (Å²) < 4.78 is 5.19. The average Bonchev–Trinajstić information content (AvgIpc) is 2.87. The molecule has 1 saturated heterocycles. The Bertz CT molecular complexity index is 390. The molecule has 0 radical (unpaired) electrons. The van der Waals surface area contributed by atoms with Crippen LogP contribution in [0.4, 0.5) is 0 Å². The van der Waals surface area contributed by atoms with Gasteiger partial charge in [0, 0.05) is 26.2 Å². The van der Waals surface area contributed by atoms with Gasteiger partial charge in [-0.05, 0) is 12.6 Å². The SMILES string of the molecule is CCN1CCN(C(=O)c2coc(CN)c2)CC1.Cl.Cl. The molecule has 5 nitrogen and oxygen atoms in total. The summed E-state index contributed by atoms with van der Waals surface area (Å²) in [6.45, 7) is 6.99. The molecule has 0 aromatic carbocycles. The molecule has 1 aromatic heterocycles. The van der Waals surface area contributed by atoms with E-state index in [-0.39, 0.29) is 30.7 Å². The van der Waals surface area contributed by atoms with Gasteiger partial charge in [-0.3, -0.25) is 4.79 Å². The third kappa shape index (κ3) is 4.38. The van der Waals surface area contributed by atoms with Gasteiger partial charge >= 0.3 is 0 Å². The Morgan fingerprint density at radius 1 is 1.32 bits per heavy atom. The molecular formula is C12H21Cl2N3O2. The summed E-state index contributed by atoms with van der Waals surface area (Å²) in [5.74, 6) is 0.699. The third-order valence-electron chi connectivity index (χ3n) is 3.21. The molecular weight excluding hydrogens is 289 g/mol. The number of carbonyl (C=O) groups excluding carboxylic acids is 1. The molecule has 0 bridgehead atoms. The van der Waals surface area contributed by atoms with Gasteiger partial charge in [-0.25, -0.2) is 0 Å². The highest BCUT2D eigenvalue weighted by molar-refractivity contribution is 5.94. The molecule has 1 aliphatic heterocycles. The Kier molecular flexibility index (Phi) is 8.09. The zero-order valence-electron chi connectivity index (χ0n) is 11.0. The van der Waals surface area contributed by atoms with Crippen molar-refractivity contribution < 1.29 is 9.21 Å². The van der Waals surface area contributed by atoms with Crippen molar-refractivity contribution in [1.29, 1.82) is 0 Å². The Hall–Kier alpha value is -0.750. The number of rotatable bonds is 3. The lowest BCUT2D eigenvalue weighted by Crippen LogP contribution is -2.48. The fraction of sp³-hybridized carbons (Fsp3) is 0.583. The Labute approximate surface area is 125 Å². The molecule has 0 saturated carbocycles. The molecule has 2 N–H and O–H groups in total. The van der Waals surface area contributed by atoms with Crippen molar-refractivity contribution in [1.82, 2.24) is 9.80 Å². The van der Waals surface area contributed by atoms with Gasteiger partial charge in [0.1, 0.15) is 12.0 Å². The lowest BCUT2D eigenvalue weighted by atomic mass is 10.2. The van der Waals surface area contributed by atoms with Crippen molar-refractivity contribution in [2.45, 2.75) is 13.5 Å². The molecule has 0 unspecified atom stereocenters. The Balaban J connectivity index is 0.00000162. The molecule has 110 valence electrons. The number of nitrogens with two attached hydrogens (primary N) is 1. The number of likely N-dealkylation sites (N-methyl/N-ethyl adjacent to an activating group) is 1. The first kappa shape index (κ1) is 18.2. The molecule has 2 heterocycles. The predicted octanol–water partition coefficient (Wildman–Crippen LogP) is 1.36. The van der Waals surface area contributed by atoms with Gasteiger partial charge in [0.2, 0.25) is 0 Å². The summed E-state index contributed by atoms with van der Waals surface area (Å²) in [5.41, 5.74) is 6.06. The van der Waals surface area contributed by atoms with Crippen LogP contribution in [0.15, 0.2) is 16.7 Å². The second kappa shape index (κ2) is 8.43. The Morgan fingerprint density at radius 3 is 2.42 bits per heavy atom. The number of furan rings is 1. The van der Waals surface area contributed by atoms with Gasteiger partial charge in [-0.1, -0.05) is 6.92 Å². The van der Waals surface area contributed by atoms with E-state index >= 15 is 0 Å². The fourth-order valence-corrected chi connectivity index (χ4v) is 2.05. The van der Waals surface area contributed by atoms with Crippen LogP contribution < -0.4 is 5.73 Å². The first-order chi connectivity index (χ1) is 8.24. The maximum absolute atomic E-state index is 12.1. The smallest absolute Gasteiger partial charge is 0.257 e.